The summed E-state index contributed by atoms with van der Waals surface area (Å²) in [6, 6.07) is 9.94. The fourth-order valence-corrected chi connectivity index (χ4v) is 4.07. The number of hydrogen-bond acceptors (Lipinski definition) is 6. The molecule has 0 bridgehead atoms. The van der Waals surface area contributed by atoms with Crippen LogP contribution in [0.15, 0.2) is 35.5 Å². The van der Waals surface area contributed by atoms with Gasteiger partial charge in [0.05, 0.1) is 5.56 Å². The molecule has 1 aliphatic rings. The number of ether oxygens (including phenoxy) is 1. The number of nitrogens with zero attached hydrogens (tertiary/aromatic N) is 3. The Morgan fingerprint density at radius 2 is 2.16 bits per heavy atom. The van der Waals surface area contributed by atoms with Crippen molar-refractivity contribution < 1.29 is 9.53 Å². The van der Waals surface area contributed by atoms with Crippen LogP contribution in [0.5, 0.6) is 0 Å². The molecule has 7 heteroatoms. The number of esters is 1. The zero-order chi connectivity index (χ0) is 17.4. The minimum absolute atomic E-state index is 0.248. The van der Waals surface area contributed by atoms with Crippen LogP contribution in [0.1, 0.15) is 27.3 Å². The first kappa shape index (κ1) is 16.1. The molecule has 1 aliphatic heterocycles. The number of nitrogens with two attached hydrogens (primary N) is 1. The van der Waals surface area contributed by atoms with Crippen LogP contribution in [0, 0.1) is 0 Å². The Morgan fingerprint density at radius 3 is 3.00 bits per heavy atom. The number of benzene rings is 2. The van der Waals surface area contributed by atoms with Crippen LogP contribution in [0.3, 0.4) is 0 Å². The highest BCUT2D eigenvalue weighted by Gasteiger charge is 2.21. The van der Waals surface area contributed by atoms with Gasteiger partial charge in [-0.15, -0.1) is 10.2 Å². The van der Waals surface area contributed by atoms with E-state index >= 15 is 0 Å². The maximum atomic E-state index is 12.0. The first-order chi connectivity index (χ1) is 12.2. The standard InChI is InChI=1S/C18H18N4O2S/c1-22-15(7-8-19)20-21-18(22)25-10-12-6-5-11-9-24-17(23)14-4-2-3-13(12)16(11)14/h2-6H,7-10,19H2,1H3. The molecule has 25 heavy (non-hydrogen) atoms. The summed E-state index contributed by atoms with van der Waals surface area (Å²) >= 11 is 1.63. The minimum atomic E-state index is -0.248. The Hall–Kier alpha value is -2.38. The van der Waals surface area contributed by atoms with Crippen molar-refractivity contribution in [1.29, 1.82) is 0 Å². The summed E-state index contributed by atoms with van der Waals surface area (Å²) in [5, 5.41) is 11.4. The van der Waals surface area contributed by atoms with Gasteiger partial charge in [0.15, 0.2) is 5.16 Å². The fourth-order valence-electron chi connectivity index (χ4n) is 3.14. The molecule has 0 saturated heterocycles. The zero-order valence-electron chi connectivity index (χ0n) is 13.9. The Bertz CT molecular complexity index is 967. The Morgan fingerprint density at radius 1 is 1.28 bits per heavy atom. The van der Waals surface area contributed by atoms with Gasteiger partial charge in [0.2, 0.25) is 0 Å². The predicted molar refractivity (Wildman–Crippen MR) is 96.4 cm³/mol. The Balaban J connectivity index is 1.66. The van der Waals surface area contributed by atoms with Gasteiger partial charge in [-0.25, -0.2) is 4.79 Å². The lowest BCUT2D eigenvalue weighted by Crippen LogP contribution is -2.12. The topological polar surface area (TPSA) is 83.0 Å². The first-order valence-corrected chi connectivity index (χ1v) is 9.09. The lowest BCUT2D eigenvalue weighted by Gasteiger charge is -2.18. The van der Waals surface area contributed by atoms with E-state index in [4.69, 9.17) is 10.5 Å². The monoisotopic (exact) mass is 354 g/mol. The second kappa shape index (κ2) is 6.50. The molecule has 2 N–H and O–H groups in total. The van der Waals surface area contributed by atoms with Gasteiger partial charge in [-0.05, 0) is 29.1 Å². The number of rotatable bonds is 5. The number of thioether (sulfide) groups is 1. The molecule has 2 heterocycles. The quantitative estimate of drug-likeness (QED) is 0.560. The normalized spacial score (nSPS) is 13.3. The molecule has 0 fully saturated rings. The van der Waals surface area contributed by atoms with Crippen LogP contribution < -0.4 is 5.73 Å². The first-order valence-electron chi connectivity index (χ1n) is 8.10. The van der Waals surface area contributed by atoms with Crippen molar-refractivity contribution in [2.75, 3.05) is 6.54 Å². The molecule has 3 aromatic rings. The molecule has 6 nitrogen and oxygen atoms in total. The van der Waals surface area contributed by atoms with Gasteiger partial charge in [0.25, 0.3) is 0 Å². The van der Waals surface area contributed by atoms with Crippen molar-refractivity contribution in [3.8, 4) is 0 Å². The van der Waals surface area contributed by atoms with Crippen molar-refractivity contribution >= 4 is 28.5 Å². The van der Waals surface area contributed by atoms with E-state index in [2.05, 4.69) is 22.3 Å². The van der Waals surface area contributed by atoms with Crippen LogP contribution in [-0.4, -0.2) is 27.3 Å². The summed E-state index contributed by atoms with van der Waals surface area (Å²) in [6.45, 7) is 0.896. The third-order valence-electron chi connectivity index (χ3n) is 4.45. The number of hydrogen-bond donors (Lipinski definition) is 1. The maximum absolute atomic E-state index is 12.0. The van der Waals surface area contributed by atoms with Crippen molar-refractivity contribution in [1.82, 2.24) is 14.8 Å². The fraction of sp³-hybridized carbons (Fsp3) is 0.278. The van der Waals surface area contributed by atoms with Crippen molar-refractivity contribution in [3.63, 3.8) is 0 Å². The SMILES string of the molecule is Cn1c(CCN)nnc1SCc1ccc2c3c(cccc13)C(=O)OC2. The smallest absolute Gasteiger partial charge is 0.339 e. The van der Waals surface area contributed by atoms with Crippen molar-refractivity contribution in [2.45, 2.75) is 23.9 Å². The highest BCUT2D eigenvalue weighted by atomic mass is 32.2. The molecule has 0 atom stereocenters. The van der Waals surface area contributed by atoms with Crippen molar-refractivity contribution in [3.05, 3.63) is 52.8 Å². The van der Waals surface area contributed by atoms with E-state index in [1.54, 1.807) is 11.8 Å². The summed E-state index contributed by atoms with van der Waals surface area (Å²) in [5.74, 6) is 1.40. The molecular weight excluding hydrogens is 336 g/mol. The molecule has 2 aromatic carbocycles. The molecule has 0 saturated carbocycles. The van der Waals surface area contributed by atoms with E-state index < -0.39 is 0 Å². The van der Waals surface area contributed by atoms with Crippen LogP contribution in [0.2, 0.25) is 0 Å². The number of carbonyl (C=O) groups is 1. The largest absolute Gasteiger partial charge is 0.457 e. The van der Waals surface area contributed by atoms with E-state index in [1.807, 2.05) is 29.8 Å². The van der Waals surface area contributed by atoms with E-state index in [1.165, 1.54) is 5.56 Å². The van der Waals surface area contributed by atoms with E-state index in [0.29, 0.717) is 25.1 Å². The molecule has 0 unspecified atom stereocenters. The third kappa shape index (κ3) is 2.79. The minimum Gasteiger partial charge on any atom is -0.457 e. The molecule has 4 rings (SSSR count). The van der Waals surface area contributed by atoms with Gasteiger partial charge in [0, 0.05) is 24.6 Å². The predicted octanol–water partition coefficient (Wildman–Crippen LogP) is 2.43. The molecule has 0 radical (unpaired) electrons. The number of aromatic nitrogens is 3. The summed E-state index contributed by atoms with van der Waals surface area (Å²) < 4.78 is 7.22. The summed E-state index contributed by atoms with van der Waals surface area (Å²) in [4.78, 5) is 12.0. The summed E-state index contributed by atoms with van der Waals surface area (Å²) in [7, 11) is 1.96. The maximum Gasteiger partial charge on any atom is 0.339 e. The van der Waals surface area contributed by atoms with E-state index in [-0.39, 0.29) is 5.97 Å². The second-order valence-corrected chi connectivity index (χ2v) is 6.92. The van der Waals surface area contributed by atoms with E-state index in [0.717, 1.165) is 33.1 Å². The van der Waals surface area contributed by atoms with E-state index in [9.17, 15) is 4.79 Å². The average Bonchev–Trinajstić information content (AvgIpc) is 2.97. The average molecular weight is 354 g/mol. The van der Waals surface area contributed by atoms with Gasteiger partial charge in [-0.1, -0.05) is 36.0 Å². The van der Waals surface area contributed by atoms with Crippen molar-refractivity contribution in [2.24, 2.45) is 12.8 Å². The third-order valence-corrected chi connectivity index (χ3v) is 5.51. The van der Waals surface area contributed by atoms with Crippen LogP contribution in [0.25, 0.3) is 10.8 Å². The van der Waals surface area contributed by atoms with Gasteiger partial charge in [0.1, 0.15) is 12.4 Å². The summed E-state index contributed by atoms with van der Waals surface area (Å²) in [5.41, 5.74) is 8.47. The molecule has 128 valence electrons. The van der Waals surface area contributed by atoms with Gasteiger partial charge in [-0.2, -0.15) is 0 Å². The lowest BCUT2D eigenvalue weighted by atomic mass is 9.95. The van der Waals surface area contributed by atoms with Crippen LogP contribution in [0.4, 0.5) is 0 Å². The number of carbonyl (C=O) groups excluding carboxylic acids is 1. The molecule has 0 amide bonds. The van der Waals surface area contributed by atoms with Gasteiger partial charge < -0.3 is 15.0 Å². The Labute approximate surface area is 149 Å². The second-order valence-electron chi connectivity index (χ2n) is 5.97. The molecule has 0 aliphatic carbocycles. The Kier molecular flexibility index (Phi) is 4.19. The zero-order valence-corrected chi connectivity index (χ0v) is 14.7. The van der Waals surface area contributed by atoms with Crippen LogP contribution in [-0.2, 0) is 30.6 Å². The van der Waals surface area contributed by atoms with Gasteiger partial charge in [-0.3, -0.25) is 0 Å². The number of cyclic esters (lactones) is 1. The highest BCUT2D eigenvalue weighted by Crippen LogP contribution is 2.33. The van der Waals surface area contributed by atoms with Gasteiger partial charge >= 0.3 is 5.97 Å². The molecular formula is C18H18N4O2S. The lowest BCUT2D eigenvalue weighted by molar-refractivity contribution is 0.0463. The molecule has 1 aromatic heterocycles. The molecule has 0 spiro atoms. The summed E-state index contributed by atoms with van der Waals surface area (Å²) in [6.07, 6.45) is 0.715. The highest BCUT2D eigenvalue weighted by molar-refractivity contribution is 7.98. The van der Waals surface area contributed by atoms with Crippen LogP contribution >= 0.6 is 11.8 Å².